The van der Waals surface area contributed by atoms with Crippen molar-refractivity contribution in [3.8, 4) is 11.5 Å². The molecule has 2 aromatic carbocycles. The number of amides is 2. The number of hydrogen-bond acceptors (Lipinski definition) is 4. The van der Waals surface area contributed by atoms with Gasteiger partial charge in [-0.05, 0) is 48.9 Å². The minimum Gasteiger partial charge on any atom is -0.497 e. The monoisotopic (exact) mass is 388 g/mol. The molecule has 3 rings (SSSR count). The topological polar surface area (TPSA) is 67.9 Å². The highest BCUT2D eigenvalue weighted by Gasteiger charge is 2.37. The van der Waals surface area contributed by atoms with Crippen LogP contribution in [0.4, 0.5) is 5.69 Å². The molecule has 1 aliphatic rings. The number of hydrogen-bond donors (Lipinski definition) is 1. The fraction of sp³-hybridized carbons (Fsp3) is 0.300. The predicted octanol–water partition coefficient (Wildman–Crippen LogP) is 3.34. The molecule has 0 unspecified atom stereocenters. The van der Waals surface area contributed by atoms with Crippen LogP contribution in [0.3, 0.4) is 0 Å². The highest BCUT2D eigenvalue weighted by atomic mass is 35.5. The van der Waals surface area contributed by atoms with Gasteiger partial charge in [0.25, 0.3) is 5.91 Å². The van der Waals surface area contributed by atoms with E-state index in [0.29, 0.717) is 24.6 Å². The quantitative estimate of drug-likeness (QED) is 0.739. The van der Waals surface area contributed by atoms with Crippen LogP contribution in [0.1, 0.15) is 24.9 Å². The Kier molecular flexibility index (Phi) is 5.86. The lowest BCUT2D eigenvalue weighted by Crippen LogP contribution is -2.37. The number of fused-ring (bicyclic) bond motifs is 1. The van der Waals surface area contributed by atoms with Crippen molar-refractivity contribution in [2.24, 2.45) is 0 Å². The third-order valence-corrected chi connectivity index (χ3v) is 4.54. The summed E-state index contributed by atoms with van der Waals surface area (Å²) in [5.74, 6) is 1.09. The van der Waals surface area contributed by atoms with Crippen molar-refractivity contribution in [2.75, 3.05) is 25.2 Å². The first kappa shape index (κ1) is 19.0. The van der Waals surface area contributed by atoms with E-state index in [9.17, 15) is 9.59 Å². The lowest BCUT2D eigenvalue weighted by molar-refractivity contribution is -0.126. The molecule has 0 saturated heterocycles. The van der Waals surface area contributed by atoms with Gasteiger partial charge in [-0.25, -0.2) is 0 Å². The molecular formula is C20H21ClN2O4. The van der Waals surface area contributed by atoms with E-state index in [1.54, 1.807) is 24.1 Å². The number of rotatable bonds is 7. The van der Waals surface area contributed by atoms with Gasteiger partial charge < -0.3 is 19.7 Å². The zero-order chi connectivity index (χ0) is 19.4. The van der Waals surface area contributed by atoms with Gasteiger partial charge in [0.15, 0.2) is 0 Å². The van der Waals surface area contributed by atoms with Crippen LogP contribution in [0.2, 0.25) is 5.02 Å². The van der Waals surface area contributed by atoms with Gasteiger partial charge >= 0.3 is 0 Å². The molecule has 0 fully saturated rings. The lowest BCUT2D eigenvalue weighted by atomic mass is 10.1. The van der Waals surface area contributed by atoms with Crippen molar-refractivity contribution in [2.45, 2.75) is 19.4 Å². The number of carbonyl (C=O) groups is 2. The maximum absolute atomic E-state index is 12.8. The van der Waals surface area contributed by atoms with E-state index in [0.717, 1.165) is 22.7 Å². The van der Waals surface area contributed by atoms with E-state index in [4.69, 9.17) is 21.1 Å². The molecule has 1 aliphatic heterocycles. The average Bonchev–Trinajstić information content (AvgIpc) is 2.90. The first-order valence-corrected chi connectivity index (χ1v) is 9.02. The summed E-state index contributed by atoms with van der Waals surface area (Å²) >= 11 is 6.07. The Labute approximate surface area is 163 Å². The predicted molar refractivity (Wildman–Crippen MR) is 103 cm³/mol. The summed E-state index contributed by atoms with van der Waals surface area (Å²) in [6.45, 7) is 2.34. The first-order chi connectivity index (χ1) is 13.0. The van der Waals surface area contributed by atoms with E-state index in [1.807, 2.05) is 30.3 Å². The second kappa shape index (κ2) is 8.31. The number of nitrogens with zero attached hydrogens (tertiary/aromatic N) is 1. The molecule has 0 saturated carbocycles. The fourth-order valence-electron chi connectivity index (χ4n) is 3.07. The summed E-state index contributed by atoms with van der Waals surface area (Å²) in [7, 11) is 1.61. The van der Waals surface area contributed by atoms with E-state index >= 15 is 0 Å². The number of halogens is 1. The molecule has 1 N–H and O–H groups in total. The molecule has 0 radical (unpaired) electrons. The highest BCUT2D eigenvalue weighted by Crippen LogP contribution is 2.37. The smallest absolute Gasteiger partial charge is 0.254 e. The molecule has 0 bridgehead atoms. The van der Waals surface area contributed by atoms with Gasteiger partial charge in [0.05, 0.1) is 13.7 Å². The van der Waals surface area contributed by atoms with E-state index in [-0.39, 0.29) is 11.8 Å². The molecule has 1 atom stereocenters. The number of anilines is 1. The molecule has 0 aromatic heterocycles. The third-order valence-electron chi connectivity index (χ3n) is 4.31. The zero-order valence-corrected chi connectivity index (χ0v) is 16.0. The molecule has 1 heterocycles. The van der Waals surface area contributed by atoms with Gasteiger partial charge in [0.1, 0.15) is 17.5 Å². The van der Waals surface area contributed by atoms with Crippen LogP contribution in [-0.4, -0.2) is 32.1 Å². The van der Waals surface area contributed by atoms with Crippen molar-refractivity contribution in [1.82, 2.24) is 5.32 Å². The fourth-order valence-corrected chi connectivity index (χ4v) is 3.25. The third kappa shape index (κ3) is 4.34. The van der Waals surface area contributed by atoms with Crippen LogP contribution >= 0.6 is 11.6 Å². The molecule has 7 heteroatoms. The lowest BCUT2D eigenvalue weighted by Gasteiger charge is -2.18. The number of nitrogens with one attached hydrogen (secondary N) is 1. The van der Waals surface area contributed by atoms with Crippen LogP contribution in [-0.2, 0) is 9.59 Å². The van der Waals surface area contributed by atoms with Crippen molar-refractivity contribution in [1.29, 1.82) is 0 Å². The molecular weight excluding hydrogens is 368 g/mol. The van der Waals surface area contributed by atoms with Crippen molar-refractivity contribution in [3.63, 3.8) is 0 Å². The Morgan fingerprint density at radius 1 is 1.19 bits per heavy atom. The molecule has 6 nitrogen and oxygen atoms in total. The first-order valence-electron chi connectivity index (χ1n) is 8.64. The van der Waals surface area contributed by atoms with Gasteiger partial charge in [0, 0.05) is 29.7 Å². The molecule has 2 amide bonds. The number of benzene rings is 2. The molecule has 27 heavy (non-hydrogen) atoms. The van der Waals surface area contributed by atoms with Crippen LogP contribution < -0.4 is 19.7 Å². The van der Waals surface area contributed by atoms with Gasteiger partial charge in [-0.2, -0.15) is 0 Å². The van der Waals surface area contributed by atoms with Crippen molar-refractivity contribution >= 4 is 29.1 Å². The number of ether oxygens (including phenoxy) is 2. The Hall–Kier alpha value is -2.73. The zero-order valence-electron chi connectivity index (χ0n) is 15.2. The van der Waals surface area contributed by atoms with E-state index < -0.39 is 6.04 Å². The van der Waals surface area contributed by atoms with Gasteiger partial charge in [0.2, 0.25) is 5.91 Å². The van der Waals surface area contributed by atoms with E-state index in [2.05, 4.69) is 5.32 Å². The Morgan fingerprint density at radius 3 is 2.56 bits per heavy atom. The summed E-state index contributed by atoms with van der Waals surface area (Å²) in [6, 6.07) is 11.9. The maximum Gasteiger partial charge on any atom is 0.254 e. The number of methoxy groups -OCH3 is 1. The Morgan fingerprint density at radius 2 is 1.89 bits per heavy atom. The van der Waals surface area contributed by atoms with Crippen LogP contribution in [0, 0.1) is 0 Å². The minimum atomic E-state index is -0.696. The van der Waals surface area contributed by atoms with Crippen LogP contribution in [0.25, 0.3) is 0 Å². The molecule has 0 aliphatic carbocycles. The SMILES string of the molecule is COc1ccc(OCCCN2C(=O)[C@H](NC(C)=O)c3cc(Cl)ccc32)cc1. The molecule has 142 valence electrons. The summed E-state index contributed by atoms with van der Waals surface area (Å²) in [5, 5.41) is 3.23. The molecule has 0 spiro atoms. The summed E-state index contributed by atoms with van der Waals surface area (Å²) in [4.78, 5) is 25.9. The van der Waals surface area contributed by atoms with Crippen LogP contribution in [0.15, 0.2) is 42.5 Å². The van der Waals surface area contributed by atoms with Crippen molar-refractivity contribution < 1.29 is 19.1 Å². The average molecular weight is 389 g/mol. The Bertz CT molecular complexity index is 838. The van der Waals surface area contributed by atoms with Gasteiger partial charge in [-0.15, -0.1) is 0 Å². The second-order valence-electron chi connectivity index (χ2n) is 6.20. The summed E-state index contributed by atoms with van der Waals surface area (Å²) in [5.41, 5.74) is 1.49. The summed E-state index contributed by atoms with van der Waals surface area (Å²) in [6.07, 6.45) is 0.645. The highest BCUT2D eigenvalue weighted by molar-refractivity contribution is 6.31. The number of carbonyl (C=O) groups excluding carboxylic acids is 2. The van der Waals surface area contributed by atoms with Gasteiger partial charge in [-0.3, -0.25) is 9.59 Å². The Balaban J connectivity index is 1.62. The summed E-state index contributed by atoms with van der Waals surface area (Å²) < 4.78 is 10.8. The van der Waals surface area contributed by atoms with Crippen LogP contribution in [0.5, 0.6) is 11.5 Å². The largest absolute Gasteiger partial charge is 0.497 e. The maximum atomic E-state index is 12.8. The van der Waals surface area contributed by atoms with E-state index in [1.165, 1.54) is 6.92 Å². The molecule has 2 aromatic rings. The minimum absolute atomic E-state index is 0.160. The van der Waals surface area contributed by atoms with Gasteiger partial charge in [-0.1, -0.05) is 11.6 Å². The normalized spacial score (nSPS) is 15.4. The second-order valence-corrected chi connectivity index (χ2v) is 6.64. The van der Waals surface area contributed by atoms with Crippen molar-refractivity contribution in [3.05, 3.63) is 53.1 Å². The standard InChI is InChI=1S/C20H21ClN2O4/c1-13(24)22-19-17-12-14(21)4-9-18(17)23(20(19)25)10-3-11-27-16-7-5-15(26-2)6-8-16/h4-9,12,19H,3,10-11H2,1-2H3,(H,22,24)/t19-/m1/s1.